The summed E-state index contributed by atoms with van der Waals surface area (Å²) in [7, 11) is 3.68. The van der Waals surface area contributed by atoms with E-state index in [2.05, 4.69) is 58.6 Å². The van der Waals surface area contributed by atoms with E-state index in [1.165, 1.54) is 5.57 Å². The Balaban J connectivity index is 1.29. The number of likely N-dealkylation sites (tertiary alicyclic amines) is 1. The van der Waals surface area contributed by atoms with Crippen molar-refractivity contribution in [1.29, 1.82) is 0 Å². The van der Waals surface area contributed by atoms with Crippen LogP contribution in [0.4, 0.5) is 0 Å². The zero-order valence-corrected chi connectivity index (χ0v) is 29.9. The quantitative estimate of drug-likeness (QED) is 0.348. The van der Waals surface area contributed by atoms with Gasteiger partial charge < -0.3 is 19.8 Å². The van der Waals surface area contributed by atoms with Crippen LogP contribution in [0.5, 0.6) is 0 Å². The van der Waals surface area contributed by atoms with Gasteiger partial charge in [-0.25, -0.2) is 0 Å². The highest BCUT2D eigenvalue weighted by Crippen LogP contribution is 2.75. The maximum atomic E-state index is 13.9. The molecule has 7 atom stereocenters. The summed E-state index contributed by atoms with van der Waals surface area (Å²) in [6.07, 6.45) is 15.1. The number of hydrogen-bond acceptors (Lipinski definition) is 5. The van der Waals surface area contributed by atoms with Gasteiger partial charge in [-0.3, -0.25) is 14.4 Å². The van der Waals surface area contributed by atoms with Gasteiger partial charge >= 0.3 is 11.8 Å². The molecule has 1 saturated heterocycles. The number of fused-ring (bicyclic) bond motifs is 7. The minimum atomic E-state index is -0.409. The van der Waals surface area contributed by atoms with Crippen LogP contribution in [0.2, 0.25) is 0 Å². The lowest BCUT2D eigenvalue weighted by Gasteiger charge is -2.70. The van der Waals surface area contributed by atoms with Gasteiger partial charge in [0.05, 0.1) is 0 Å². The molecule has 252 valence electrons. The largest absolute Gasteiger partial charge is 0.504 e. The standard InChI is InChI=1S/C39H57N3O4/c1-10-42-21-11-12-26(24-42)40(8)33(45)34(46)41(9)36(4)17-15-35(3)16-19-38(6)30-14-13-27-25(2)32(44)29(43)22-28(27)37(30,5)18-20-39(38,7)31(35)23-36/h13-14,22,26,31,44H,10-12,15-21,23-24H2,1-9H3/t26-,31?,35-,36-,37+,38-,39+/m1/s1. The highest BCUT2D eigenvalue weighted by Gasteiger charge is 2.67. The summed E-state index contributed by atoms with van der Waals surface area (Å²) in [6.45, 7) is 18.8. The van der Waals surface area contributed by atoms with E-state index in [1.807, 2.05) is 25.9 Å². The first-order valence-electron chi connectivity index (χ1n) is 17.8. The number of carbonyl (C=O) groups excluding carboxylic acids is 3. The first-order chi connectivity index (χ1) is 21.5. The number of hydrogen-bond donors (Lipinski definition) is 1. The third kappa shape index (κ3) is 4.57. The highest BCUT2D eigenvalue weighted by molar-refractivity contribution is 6.35. The highest BCUT2D eigenvalue weighted by atomic mass is 16.3. The molecule has 0 aromatic carbocycles. The molecule has 46 heavy (non-hydrogen) atoms. The van der Waals surface area contributed by atoms with Gasteiger partial charge in [-0.2, -0.15) is 0 Å². The van der Waals surface area contributed by atoms with E-state index >= 15 is 0 Å². The summed E-state index contributed by atoms with van der Waals surface area (Å²) in [5.41, 5.74) is 3.53. The van der Waals surface area contributed by atoms with Crippen LogP contribution in [0, 0.1) is 27.6 Å². The van der Waals surface area contributed by atoms with Crippen LogP contribution in [0.15, 0.2) is 46.3 Å². The van der Waals surface area contributed by atoms with Gasteiger partial charge in [0.25, 0.3) is 0 Å². The Morgan fingerprint density at radius 2 is 1.67 bits per heavy atom. The van der Waals surface area contributed by atoms with E-state index in [0.717, 1.165) is 88.6 Å². The third-order valence-electron chi connectivity index (χ3n) is 14.9. The number of piperidine rings is 1. The Morgan fingerprint density at radius 1 is 0.978 bits per heavy atom. The Hall–Kier alpha value is -2.67. The molecule has 4 fully saturated rings. The van der Waals surface area contributed by atoms with Crippen molar-refractivity contribution in [3.8, 4) is 0 Å². The minimum absolute atomic E-state index is 0.0129. The zero-order chi connectivity index (χ0) is 33.6. The fraction of sp³-hybridized carbons (Fsp3) is 0.718. The van der Waals surface area contributed by atoms with E-state index in [4.69, 9.17) is 0 Å². The van der Waals surface area contributed by atoms with Crippen LogP contribution >= 0.6 is 0 Å². The van der Waals surface area contributed by atoms with E-state index in [-0.39, 0.29) is 51.1 Å². The molecule has 0 radical (unpaired) electrons. The number of rotatable bonds is 3. The predicted molar refractivity (Wildman–Crippen MR) is 182 cm³/mol. The van der Waals surface area contributed by atoms with Crippen LogP contribution in [0.1, 0.15) is 106 Å². The lowest BCUT2D eigenvalue weighted by atomic mass is 9.35. The first-order valence-corrected chi connectivity index (χ1v) is 17.8. The van der Waals surface area contributed by atoms with Gasteiger partial charge in [-0.1, -0.05) is 52.3 Å². The SMILES string of the molecule is CCN1CCC[C@@H](N(C)C(=O)C(=O)N(C)[C@]2(C)CC[C@]3(C)CC[C@]4(C)C5=CC=C6C(=CC(=O)C(O)=C6C)[C@]5(C)CC[C@@]4(C)C3C2)C1. The van der Waals surface area contributed by atoms with E-state index in [1.54, 1.807) is 11.0 Å². The number of aliphatic hydroxyl groups excluding tert-OH is 1. The van der Waals surface area contributed by atoms with Crippen molar-refractivity contribution in [2.45, 2.75) is 118 Å². The molecule has 0 spiro atoms. The Morgan fingerprint density at radius 3 is 2.37 bits per heavy atom. The third-order valence-corrected chi connectivity index (χ3v) is 14.9. The smallest absolute Gasteiger partial charge is 0.312 e. The van der Waals surface area contributed by atoms with Crippen LogP contribution in [-0.4, -0.2) is 82.7 Å². The second kappa shape index (κ2) is 10.9. The number of likely N-dealkylation sites (N-methyl/N-ethyl adjacent to an activating group) is 3. The van der Waals surface area contributed by atoms with Crippen LogP contribution in [0.3, 0.4) is 0 Å². The molecular weight excluding hydrogens is 574 g/mol. The summed E-state index contributed by atoms with van der Waals surface area (Å²) in [5, 5.41) is 10.5. The number of allylic oxidation sites excluding steroid dienone is 7. The fourth-order valence-corrected chi connectivity index (χ4v) is 11.1. The molecule has 3 saturated carbocycles. The van der Waals surface area contributed by atoms with Gasteiger partial charge in [-0.15, -0.1) is 0 Å². The summed E-state index contributed by atoms with van der Waals surface area (Å²) < 4.78 is 0. The molecular formula is C39H57N3O4. The monoisotopic (exact) mass is 631 g/mol. The molecule has 7 heteroatoms. The maximum absolute atomic E-state index is 13.9. The molecule has 1 aliphatic heterocycles. The van der Waals surface area contributed by atoms with Gasteiger partial charge in [0.2, 0.25) is 5.78 Å². The van der Waals surface area contributed by atoms with Crippen molar-refractivity contribution < 1.29 is 19.5 Å². The van der Waals surface area contributed by atoms with Crippen molar-refractivity contribution in [2.24, 2.45) is 27.6 Å². The van der Waals surface area contributed by atoms with Crippen LogP contribution < -0.4 is 0 Å². The lowest BCUT2D eigenvalue weighted by Crippen LogP contribution is -2.65. The molecule has 2 amide bonds. The molecule has 0 bridgehead atoms. The number of amides is 2. The van der Waals surface area contributed by atoms with Gasteiger partial charge in [-0.05, 0) is 124 Å². The Kier molecular flexibility index (Phi) is 7.90. The van der Waals surface area contributed by atoms with Crippen molar-refractivity contribution in [3.05, 3.63) is 46.3 Å². The van der Waals surface area contributed by atoms with E-state index < -0.39 is 5.54 Å². The summed E-state index contributed by atoms with van der Waals surface area (Å²) >= 11 is 0. The lowest BCUT2D eigenvalue weighted by molar-refractivity contribution is -0.174. The molecule has 6 aliphatic rings. The summed E-state index contributed by atoms with van der Waals surface area (Å²) in [6, 6.07) is 0.0756. The minimum Gasteiger partial charge on any atom is -0.504 e. The summed E-state index contributed by atoms with van der Waals surface area (Å²) in [4.78, 5) is 46.4. The van der Waals surface area contributed by atoms with Crippen LogP contribution in [0.25, 0.3) is 0 Å². The number of carbonyl (C=O) groups is 3. The number of ketones is 1. The second-order valence-electron chi connectivity index (χ2n) is 17.0. The van der Waals surface area contributed by atoms with E-state index in [0.29, 0.717) is 11.5 Å². The van der Waals surface area contributed by atoms with Crippen molar-refractivity contribution in [3.63, 3.8) is 0 Å². The van der Waals surface area contributed by atoms with Crippen molar-refractivity contribution in [1.82, 2.24) is 14.7 Å². The summed E-state index contributed by atoms with van der Waals surface area (Å²) in [5.74, 6) is -0.809. The van der Waals surface area contributed by atoms with E-state index in [9.17, 15) is 19.5 Å². The van der Waals surface area contributed by atoms with Gasteiger partial charge in [0, 0.05) is 43.2 Å². The molecule has 5 aliphatic carbocycles. The number of nitrogens with zero attached hydrogens (tertiary/aromatic N) is 3. The molecule has 1 N–H and O–H groups in total. The van der Waals surface area contributed by atoms with Crippen molar-refractivity contribution in [2.75, 3.05) is 33.7 Å². The van der Waals surface area contributed by atoms with Crippen molar-refractivity contribution >= 4 is 17.6 Å². The Bertz CT molecular complexity index is 1490. The molecule has 6 rings (SSSR count). The van der Waals surface area contributed by atoms with Crippen LogP contribution in [-0.2, 0) is 14.4 Å². The molecule has 0 aromatic rings. The van der Waals surface area contributed by atoms with Gasteiger partial charge in [0.1, 0.15) is 0 Å². The maximum Gasteiger partial charge on any atom is 0.312 e. The second-order valence-corrected chi connectivity index (χ2v) is 17.0. The average molecular weight is 632 g/mol. The molecule has 7 nitrogen and oxygen atoms in total. The van der Waals surface area contributed by atoms with Gasteiger partial charge in [0.15, 0.2) is 5.76 Å². The fourth-order valence-electron chi connectivity index (χ4n) is 11.1. The molecule has 1 heterocycles. The normalized spacial score (nSPS) is 40.8. The first kappa shape index (κ1) is 33.2. The topological polar surface area (TPSA) is 81.2 Å². The Labute approximate surface area is 276 Å². The molecule has 1 unspecified atom stereocenters. The molecule has 0 aromatic heterocycles. The average Bonchev–Trinajstić information content (AvgIpc) is 3.04. The zero-order valence-electron chi connectivity index (χ0n) is 29.9. The number of aliphatic hydroxyl groups is 1. The predicted octanol–water partition coefficient (Wildman–Crippen LogP) is 6.77.